The summed E-state index contributed by atoms with van der Waals surface area (Å²) < 4.78 is 39.6. The van der Waals surface area contributed by atoms with Gasteiger partial charge in [-0.3, -0.25) is 0 Å². The van der Waals surface area contributed by atoms with Gasteiger partial charge in [0.1, 0.15) is 10.8 Å². The molecule has 0 aliphatic rings. The van der Waals surface area contributed by atoms with Crippen LogP contribution in [0.1, 0.15) is 13.8 Å². The number of benzene rings is 1. The number of rotatable bonds is 5. The quantitative estimate of drug-likeness (QED) is 0.923. The molecule has 1 heterocycles. The molecule has 0 saturated heterocycles. The van der Waals surface area contributed by atoms with Crippen LogP contribution >= 0.6 is 11.3 Å². The van der Waals surface area contributed by atoms with Crippen LogP contribution in [0.15, 0.2) is 34.7 Å². The smallest absolute Gasteiger partial charge is 0.243 e. The summed E-state index contributed by atoms with van der Waals surface area (Å²) in [5.74, 6) is -0.106. The molecule has 0 fully saturated rings. The molecule has 0 saturated carbocycles. The molecule has 0 atom stereocenters. The Balaban J connectivity index is 2.22. The molecule has 108 valence electrons. The standard InChI is InChI=1S/C13H15FN2O2S2/c1-9(2)7-16-20(17,18)12-8-15-13(19-12)10-3-5-11(14)6-4-10/h3-6,8-9,16H,7H2,1-2H3. The lowest BCUT2D eigenvalue weighted by Crippen LogP contribution is -2.26. The normalized spacial score (nSPS) is 12.0. The lowest BCUT2D eigenvalue weighted by molar-refractivity contribution is 0.562. The SMILES string of the molecule is CC(C)CNS(=O)(=O)c1cnc(-c2ccc(F)cc2)s1. The first-order chi connectivity index (χ1) is 9.38. The van der Waals surface area contributed by atoms with Gasteiger partial charge >= 0.3 is 0 Å². The molecule has 2 aromatic rings. The first-order valence-corrected chi connectivity index (χ1v) is 8.40. The summed E-state index contributed by atoms with van der Waals surface area (Å²) in [5, 5.41) is 0.551. The fraction of sp³-hybridized carbons (Fsp3) is 0.308. The van der Waals surface area contributed by atoms with Crippen molar-refractivity contribution >= 4 is 21.4 Å². The summed E-state index contributed by atoms with van der Waals surface area (Å²) in [6, 6.07) is 5.79. The summed E-state index contributed by atoms with van der Waals surface area (Å²) in [6.45, 7) is 4.24. The average molecular weight is 314 g/mol. The van der Waals surface area contributed by atoms with Gasteiger partial charge in [0.25, 0.3) is 10.0 Å². The van der Waals surface area contributed by atoms with Crippen LogP contribution in [-0.2, 0) is 10.0 Å². The van der Waals surface area contributed by atoms with Gasteiger partial charge in [0.2, 0.25) is 0 Å². The minimum absolute atomic E-state index is 0.164. The summed E-state index contributed by atoms with van der Waals surface area (Å²) in [6.07, 6.45) is 1.33. The molecular weight excluding hydrogens is 299 g/mol. The topological polar surface area (TPSA) is 59.1 Å². The predicted molar refractivity (Wildman–Crippen MR) is 77.5 cm³/mol. The third kappa shape index (κ3) is 3.62. The number of sulfonamides is 1. The lowest BCUT2D eigenvalue weighted by Gasteiger charge is -2.06. The van der Waals surface area contributed by atoms with Crippen molar-refractivity contribution in [3.05, 3.63) is 36.3 Å². The Morgan fingerprint density at radius 1 is 1.30 bits per heavy atom. The Bertz CT molecular complexity index is 679. The first kappa shape index (κ1) is 15.1. The number of nitrogens with one attached hydrogen (secondary N) is 1. The molecule has 1 aromatic heterocycles. The highest BCUT2D eigenvalue weighted by molar-refractivity contribution is 7.91. The Morgan fingerprint density at radius 2 is 1.95 bits per heavy atom. The number of nitrogens with zero attached hydrogens (tertiary/aromatic N) is 1. The van der Waals surface area contributed by atoms with E-state index in [0.29, 0.717) is 17.1 Å². The first-order valence-electron chi connectivity index (χ1n) is 6.10. The van der Waals surface area contributed by atoms with Gasteiger partial charge in [-0.25, -0.2) is 22.5 Å². The van der Waals surface area contributed by atoms with E-state index in [1.165, 1.54) is 18.3 Å². The van der Waals surface area contributed by atoms with Gasteiger partial charge in [-0.1, -0.05) is 13.8 Å². The summed E-state index contributed by atoms with van der Waals surface area (Å²) in [5.41, 5.74) is 0.696. The minimum atomic E-state index is -3.52. The van der Waals surface area contributed by atoms with Crippen molar-refractivity contribution in [3.63, 3.8) is 0 Å². The van der Waals surface area contributed by atoms with Gasteiger partial charge in [0.05, 0.1) is 6.20 Å². The van der Waals surface area contributed by atoms with Gasteiger partial charge in [0.15, 0.2) is 4.21 Å². The van der Waals surface area contributed by atoms with E-state index in [1.807, 2.05) is 13.8 Å². The largest absolute Gasteiger partial charge is 0.251 e. The van der Waals surface area contributed by atoms with Crippen LogP contribution in [0.4, 0.5) is 4.39 Å². The number of thiazole rings is 1. The van der Waals surface area contributed by atoms with E-state index in [1.54, 1.807) is 12.1 Å². The monoisotopic (exact) mass is 314 g/mol. The molecule has 7 heteroatoms. The Kier molecular flexibility index (Phi) is 4.52. The van der Waals surface area contributed by atoms with E-state index in [2.05, 4.69) is 9.71 Å². The molecule has 0 aliphatic carbocycles. The van der Waals surface area contributed by atoms with Crippen LogP contribution in [0.5, 0.6) is 0 Å². The zero-order valence-corrected chi connectivity index (χ0v) is 12.8. The Morgan fingerprint density at radius 3 is 2.55 bits per heavy atom. The third-order valence-corrected chi connectivity index (χ3v) is 5.45. The van der Waals surface area contributed by atoms with E-state index < -0.39 is 10.0 Å². The third-order valence-electron chi connectivity index (χ3n) is 2.52. The van der Waals surface area contributed by atoms with Crippen LogP contribution in [-0.4, -0.2) is 19.9 Å². The molecule has 20 heavy (non-hydrogen) atoms. The van der Waals surface area contributed by atoms with Crippen molar-refractivity contribution in [2.45, 2.75) is 18.1 Å². The summed E-state index contributed by atoms with van der Waals surface area (Å²) in [4.78, 5) is 4.09. The van der Waals surface area contributed by atoms with Crippen molar-refractivity contribution in [3.8, 4) is 10.6 Å². The van der Waals surface area contributed by atoms with Crippen LogP contribution in [0.25, 0.3) is 10.6 Å². The molecule has 4 nitrogen and oxygen atoms in total. The highest BCUT2D eigenvalue weighted by atomic mass is 32.2. The second-order valence-corrected chi connectivity index (χ2v) is 7.76. The Labute approximate surface area is 121 Å². The highest BCUT2D eigenvalue weighted by Gasteiger charge is 2.18. The molecule has 0 radical (unpaired) electrons. The van der Waals surface area contributed by atoms with E-state index in [9.17, 15) is 12.8 Å². The zero-order chi connectivity index (χ0) is 14.8. The van der Waals surface area contributed by atoms with Crippen LogP contribution in [0, 0.1) is 11.7 Å². The van der Waals surface area contributed by atoms with Crippen LogP contribution in [0.2, 0.25) is 0 Å². The molecule has 0 amide bonds. The fourth-order valence-corrected chi connectivity index (χ4v) is 3.85. The van der Waals surface area contributed by atoms with E-state index in [4.69, 9.17) is 0 Å². The Hall–Kier alpha value is -1.31. The maximum Gasteiger partial charge on any atom is 0.251 e. The number of halogens is 1. The second-order valence-electron chi connectivity index (χ2n) is 4.74. The lowest BCUT2D eigenvalue weighted by atomic mass is 10.2. The van der Waals surface area contributed by atoms with E-state index in [-0.39, 0.29) is 15.9 Å². The van der Waals surface area contributed by atoms with Gasteiger partial charge in [-0.05, 0) is 30.2 Å². The molecule has 2 rings (SSSR count). The van der Waals surface area contributed by atoms with Crippen molar-refractivity contribution in [2.75, 3.05) is 6.54 Å². The zero-order valence-electron chi connectivity index (χ0n) is 11.1. The second kappa shape index (κ2) is 5.99. The minimum Gasteiger partial charge on any atom is -0.243 e. The maximum atomic E-state index is 12.8. The molecule has 0 spiro atoms. The van der Waals surface area contributed by atoms with E-state index >= 15 is 0 Å². The van der Waals surface area contributed by atoms with Gasteiger partial charge in [0, 0.05) is 12.1 Å². The van der Waals surface area contributed by atoms with Crippen molar-refractivity contribution in [2.24, 2.45) is 5.92 Å². The average Bonchev–Trinajstić information content (AvgIpc) is 2.88. The van der Waals surface area contributed by atoms with Crippen molar-refractivity contribution in [1.82, 2.24) is 9.71 Å². The number of hydrogen-bond acceptors (Lipinski definition) is 4. The number of hydrogen-bond donors (Lipinski definition) is 1. The van der Waals surface area contributed by atoms with Gasteiger partial charge < -0.3 is 0 Å². The van der Waals surface area contributed by atoms with Gasteiger partial charge in [-0.15, -0.1) is 11.3 Å². The van der Waals surface area contributed by atoms with Crippen LogP contribution in [0.3, 0.4) is 0 Å². The molecule has 0 aliphatic heterocycles. The van der Waals surface area contributed by atoms with E-state index in [0.717, 1.165) is 11.3 Å². The highest BCUT2D eigenvalue weighted by Crippen LogP contribution is 2.27. The molecule has 0 unspecified atom stereocenters. The number of aromatic nitrogens is 1. The summed E-state index contributed by atoms with van der Waals surface area (Å²) >= 11 is 1.07. The fourth-order valence-electron chi connectivity index (χ4n) is 1.46. The molecule has 1 aromatic carbocycles. The predicted octanol–water partition coefficient (Wildman–Crippen LogP) is 2.88. The molecule has 0 bridgehead atoms. The van der Waals surface area contributed by atoms with Gasteiger partial charge in [-0.2, -0.15) is 0 Å². The maximum absolute atomic E-state index is 12.8. The summed E-state index contributed by atoms with van der Waals surface area (Å²) in [7, 11) is -3.52. The molecular formula is C13H15FN2O2S2. The van der Waals surface area contributed by atoms with Crippen molar-refractivity contribution < 1.29 is 12.8 Å². The van der Waals surface area contributed by atoms with Crippen molar-refractivity contribution in [1.29, 1.82) is 0 Å². The molecule has 1 N–H and O–H groups in total. The van der Waals surface area contributed by atoms with Crippen LogP contribution < -0.4 is 4.72 Å².